The quantitative estimate of drug-likeness (QED) is 0.460. The Labute approximate surface area is 117 Å². The summed E-state index contributed by atoms with van der Waals surface area (Å²) < 4.78 is 15.6. The molecular weight excluding hydrogens is 246 g/mol. The first-order valence-corrected chi connectivity index (χ1v) is 6.91. The molecule has 0 saturated carbocycles. The SMILES string of the molecule is CCCNC(CCOCCC(C)(C)OC)C(=O)OC. The van der Waals surface area contributed by atoms with Gasteiger partial charge in [0, 0.05) is 20.3 Å². The van der Waals surface area contributed by atoms with E-state index in [1.165, 1.54) is 7.11 Å². The number of methoxy groups -OCH3 is 2. The number of carbonyl (C=O) groups excluding carboxylic acids is 1. The second-order valence-corrected chi connectivity index (χ2v) is 5.14. The fourth-order valence-corrected chi connectivity index (χ4v) is 1.49. The lowest BCUT2D eigenvalue weighted by molar-refractivity contribution is -0.143. The second kappa shape index (κ2) is 10.2. The van der Waals surface area contributed by atoms with Crippen molar-refractivity contribution in [3.63, 3.8) is 0 Å². The highest BCUT2D eigenvalue weighted by atomic mass is 16.5. The molecule has 0 bridgehead atoms. The Morgan fingerprint density at radius 1 is 1.26 bits per heavy atom. The summed E-state index contributed by atoms with van der Waals surface area (Å²) in [5, 5.41) is 3.16. The van der Waals surface area contributed by atoms with Crippen LogP contribution in [0.4, 0.5) is 0 Å². The van der Waals surface area contributed by atoms with Crippen LogP contribution in [0.15, 0.2) is 0 Å². The topological polar surface area (TPSA) is 56.8 Å². The molecule has 0 aromatic heterocycles. The molecule has 19 heavy (non-hydrogen) atoms. The van der Waals surface area contributed by atoms with E-state index in [4.69, 9.17) is 14.2 Å². The van der Waals surface area contributed by atoms with E-state index in [9.17, 15) is 4.79 Å². The molecule has 0 heterocycles. The zero-order valence-electron chi connectivity index (χ0n) is 13.0. The fraction of sp³-hybridized carbons (Fsp3) is 0.929. The molecule has 0 radical (unpaired) electrons. The van der Waals surface area contributed by atoms with Crippen molar-refractivity contribution in [3.8, 4) is 0 Å². The van der Waals surface area contributed by atoms with E-state index in [2.05, 4.69) is 12.2 Å². The average molecular weight is 275 g/mol. The van der Waals surface area contributed by atoms with Crippen LogP contribution in [0, 0.1) is 0 Å². The summed E-state index contributed by atoms with van der Waals surface area (Å²) in [6.07, 6.45) is 2.44. The van der Waals surface area contributed by atoms with Crippen LogP contribution in [0.2, 0.25) is 0 Å². The van der Waals surface area contributed by atoms with E-state index >= 15 is 0 Å². The van der Waals surface area contributed by atoms with Gasteiger partial charge in [-0.3, -0.25) is 4.79 Å². The molecule has 5 heteroatoms. The van der Waals surface area contributed by atoms with Crippen LogP contribution in [-0.2, 0) is 19.0 Å². The molecule has 0 aromatic rings. The monoisotopic (exact) mass is 275 g/mol. The Morgan fingerprint density at radius 3 is 2.47 bits per heavy atom. The van der Waals surface area contributed by atoms with Crippen LogP contribution in [0.5, 0.6) is 0 Å². The smallest absolute Gasteiger partial charge is 0.322 e. The number of esters is 1. The molecule has 1 atom stereocenters. The number of hydrogen-bond donors (Lipinski definition) is 1. The summed E-state index contributed by atoms with van der Waals surface area (Å²) in [5.74, 6) is -0.228. The van der Waals surface area contributed by atoms with Crippen molar-refractivity contribution in [3.05, 3.63) is 0 Å². The van der Waals surface area contributed by atoms with Gasteiger partial charge in [0.25, 0.3) is 0 Å². The van der Waals surface area contributed by atoms with E-state index in [0.29, 0.717) is 19.6 Å². The van der Waals surface area contributed by atoms with Crippen LogP contribution in [0.25, 0.3) is 0 Å². The third kappa shape index (κ3) is 8.97. The van der Waals surface area contributed by atoms with E-state index < -0.39 is 0 Å². The Kier molecular flexibility index (Phi) is 9.83. The highest BCUT2D eigenvalue weighted by Crippen LogP contribution is 2.12. The minimum absolute atomic E-state index is 0.164. The predicted octanol–water partition coefficient (Wildman–Crippen LogP) is 1.75. The van der Waals surface area contributed by atoms with Crippen molar-refractivity contribution in [2.45, 2.75) is 51.7 Å². The molecule has 1 unspecified atom stereocenters. The lowest BCUT2D eigenvalue weighted by atomic mass is 10.1. The van der Waals surface area contributed by atoms with Crippen molar-refractivity contribution < 1.29 is 19.0 Å². The first kappa shape index (κ1) is 18.4. The van der Waals surface area contributed by atoms with Gasteiger partial charge in [-0.1, -0.05) is 6.92 Å². The number of hydrogen-bond acceptors (Lipinski definition) is 5. The molecule has 1 N–H and O–H groups in total. The number of nitrogens with one attached hydrogen (secondary N) is 1. The first-order valence-electron chi connectivity index (χ1n) is 6.91. The number of ether oxygens (including phenoxy) is 3. The fourth-order valence-electron chi connectivity index (χ4n) is 1.49. The van der Waals surface area contributed by atoms with Gasteiger partial charge in [-0.2, -0.15) is 0 Å². The molecule has 0 aromatic carbocycles. The molecule has 0 saturated heterocycles. The molecule has 0 aliphatic heterocycles. The third-order valence-electron chi connectivity index (χ3n) is 3.08. The van der Waals surface area contributed by atoms with Gasteiger partial charge in [0.2, 0.25) is 0 Å². The zero-order valence-corrected chi connectivity index (χ0v) is 13.0. The lowest BCUT2D eigenvalue weighted by Crippen LogP contribution is -2.39. The summed E-state index contributed by atoms with van der Waals surface area (Å²) in [5.41, 5.74) is -0.164. The summed E-state index contributed by atoms with van der Waals surface area (Å²) in [7, 11) is 3.10. The number of rotatable bonds is 11. The lowest BCUT2D eigenvalue weighted by Gasteiger charge is -2.22. The Hall–Kier alpha value is -0.650. The minimum atomic E-state index is -0.277. The molecule has 0 aliphatic rings. The molecular formula is C14H29NO4. The molecule has 0 rings (SSSR count). The zero-order chi connectivity index (χ0) is 14.7. The number of carbonyl (C=O) groups is 1. The summed E-state index contributed by atoms with van der Waals surface area (Å²) in [4.78, 5) is 11.5. The largest absolute Gasteiger partial charge is 0.468 e. The van der Waals surface area contributed by atoms with Crippen molar-refractivity contribution in [2.24, 2.45) is 0 Å². The molecule has 0 amide bonds. The summed E-state index contributed by atoms with van der Waals surface area (Å²) >= 11 is 0. The Bertz CT molecular complexity index is 244. The maximum atomic E-state index is 11.5. The van der Waals surface area contributed by atoms with Gasteiger partial charge in [-0.05, 0) is 39.7 Å². The Morgan fingerprint density at radius 2 is 1.95 bits per heavy atom. The molecule has 0 aliphatic carbocycles. The van der Waals surface area contributed by atoms with E-state index in [0.717, 1.165) is 19.4 Å². The molecule has 0 spiro atoms. The van der Waals surface area contributed by atoms with Gasteiger partial charge < -0.3 is 19.5 Å². The van der Waals surface area contributed by atoms with Gasteiger partial charge >= 0.3 is 5.97 Å². The van der Waals surface area contributed by atoms with E-state index in [-0.39, 0.29) is 17.6 Å². The average Bonchev–Trinajstić information content (AvgIpc) is 2.40. The Balaban J connectivity index is 3.83. The summed E-state index contributed by atoms with van der Waals surface area (Å²) in [6, 6.07) is -0.277. The second-order valence-electron chi connectivity index (χ2n) is 5.14. The van der Waals surface area contributed by atoms with Crippen LogP contribution in [0.3, 0.4) is 0 Å². The highest BCUT2D eigenvalue weighted by Gasteiger charge is 2.18. The van der Waals surface area contributed by atoms with Gasteiger partial charge in [-0.25, -0.2) is 0 Å². The van der Waals surface area contributed by atoms with Gasteiger partial charge in [0.05, 0.1) is 12.7 Å². The van der Waals surface area contributed by atoms with E-state index in [1.807, 2.05) is 13.8 Å². The standard InChI is InChI=1S/C14H29NO4/c1-6-9-15-12(13(16)17-4)7-10-19-11-8-14(2,3)18-5/h12,15H,6-11H2,1-5H3. The van der Waals surface area contributed by atoms with E-state index in [1.54, 1.807) is 7.11 Å². The molecule has 114 valence electrons. The van der Waals surface area contributed by atoms with Gasteiger partial charge in [0.15, 0.2) is 0 Å². The van der Waals surface area contributed by atoms with Crippen LogP contribution >= 0.6 is 0 Å². The molecule has 0 fully saturated rings. The van der Waals surface area contributed by atoms with Crippen LogP contribution < -0.4 is 5.32 Å². The maximum absolute atomic E-state index is 11.5. The minimum Gasteiger partial charge on any atom is -0.468 e. The molecule has 5 nitrogen and oxygen atoms in total. The summed E-state index contributed by atoms with van der Waals surface area (Å²) in [6.45, 7) is 8.08. The van der Waals surface area contributed by atoms with Crippen molar-refractivity contribution >= 4 is 5.97 Å². The first-order chi connectivity index (χ1) is 8.96. The van der Waals surface area contributed by atoms with Gasteiger partial charge in [-0.15, -0.1) is 0 Å². The highest BCUT2D eigenvalue weighted by molar-refractivity contribution is 5.75. The van der Waals surface area contributed by atoms with Crippen molar-refractivity contribution in [1.29, 1.82) is 0 Å². The predicted molar refractivity (Wildman–Crippen MR) is 75.2 cm³/mol. The third-order valence-corrected chi connectivity index (χ3v) is 3.08. The van der Waals surface area contributed by atoms with Crippen LogP contribution in [-0.4, -0.2) is 51.6 Å². The van der Waals surface area contributed by atoms with Crippen molar-refractivity contribution in [1.82, 2.24) is 5.32 Å². The van der Waals surface area contributed by atoms with Crippen molar-refractivity contribution in [2.75, 3.05) is 34.0 Å². The van der Waals surface area contributed by atoms with Gasteiger partial charge in [0.1, 0.15) is 6.04 Å². The maximum Gasteiger partial charge on any atom is 0.322 e. The normalized spacial score (nSPS) is 13.3. The van der Waals surface area contributed by atoms with Crippen LogP contribution in [0.1, 0.15) is 40.0 Å².